The van der Waals surface area contributed by atoms with Crippen LogP contribution in [0.5, 0.6) is 0 Å². The maximum Gasteiger partial charge on any atom is 0.318 e. The molecule has 3 heteroatoms. The molecule has 1 saturated heterocycles. The van der Waals surface area contributed by atoms with Crippen molar-refractivity contribution in [2.45, 2.75) is 25.7 Å². The van der Waals surface area contributed by atoms with Crippen LogP contribution in [0.15, 0.2) is 11.1 Å². The number of cyclic esters (lactones) is 2. The second kappa shape index (κ2) is 2.50. The average molecular weight is 230 g/mol. The summed E-state index contributed by atoms with van der Waals surface area (Å²) in [5.74, 6) is 1.55. The lowest BCUT2D eigenvalue weighted by molar-refractivity contribution is -0.154. The van der Waals surface area contributed by atoms with E-state index in [0.717, 1.165) is 18.3 Å². The second-order valence-electron chi connectivity index (χ2n) is 6.36. The number of fused-ring (bicyclic) bond motifs is 11. The van der Waals surface area contributed by atoms with Gasteiger partial charge in [-0.2, -0.15) is 0 Å². The van der Waals surface area contributed by atoms with Crippen molar-refractivity contribution in [2.75, 3.05) is 0 Å². The molecular formula is C14H14O3. The Hall–Kier alpha value is -1.12. The molecule has 0 N–H and O–H groups in total. The van der Waals surface area contributed by atoms with Gasteiger partial charge in [-0.25, -0.2) is 0 Å². The molecule has 2 saturated carbocycles. The van der Waals surface area contributed by atoms with Crippen LogP contribution < -0.4 is 0 Å². The lowest BCUT2D eigenvalue weighted by atomic mass is 9.72. The summed E-state index contributed by atoms with van der Waals surface area (Å²) >= 11 is 0. The molecule has 6 atom stereocenters. The average Bonchev–Trinajstić information content (AvgIpc) is 3.03. The maximum absolute atomic E-state index is 11.8. The SMILES string of the molecule is O=C1OC(=O)[C@H]2[C@H]1[C@H]1C[C@H]2C2=C1[C@H]1CC[C@H]2C1. The molecule has 0 unspecified atom stereocenters. The summed E-state index contributed by atoms with van der Waals surface area (Å²) in [6.45, 7) is 0. The van der Waals surface area contributed by atoms with Crippen LogP contribution in [0, 0.1) is 35.5 Å². The fourth-order valence-electron chi connectivity index (χ4n) is 5.62. The number of rotatable bonds is 0. The Labute approximate surface area is 99.2 Å². The van der Waals surface area contributed by atoms with Crippen LogP contribution in [0.3, 0.4) is 0 Å². The van der Waals surface area contributed by atoms with Gasteiger partial charge >= 0.3 is 11.9 Å². The minimum absolute atomic E-state index is 0.106. The maximum atomic E-state index is 11.8. The minimum atomic E-state index is -0.234. The molecule has 4 bridgehead atoms. The number of hydrogen-bond acceptors (Lipinski definition) is 3. The number of esters is 2. The van der Waals surface area contributed by atoms with Crippen LogP contribution in [-0.4, -0.2) is 11.9 Å². The zero-order valence-corrected chi connectivity index (χ0v) is 9.52. The van der Waals surface area contributed by atoms with E-state index >= 15 is 0 Å². The minimum Gasteiger partial charge on any atom is -0.393 e. The van der Waals surface area contributed by atoms with Crippen LogP contribution in [0.1, 0.15) is 25.7 Å². The molecule has 0 radical (unpaired) electrons. The molecule has 3 nitrogen and oxygen atoms in total. The third-order valence-electron chi connectivity index (χ3n) is 5.95. The lowest BCUT2D eigenvalue weighted by Crippen LogP contribution is -2.29. The molecule has 5 rings (SSSR count). The fraction of sp³-hybridized carbons (Fsp3) is 0.714. The van der Waals surface area contributed by atoms with Gasteiger partial charge in [0.15, 0.2) is 0 Å². The molecule has 17 heavy (non-hydrogen) atoms. The van der Waals surface area contributed by atoms with Crippen molar-refractivity contribution in [3.05, 3.63) is 11.1 Å². The van der Waals surface area contributed by atoms with E-state index < -0.39 is 0 Å². The van der Waals surface area contributed by atoms with Crippen LogP contribution in [-0.2, 0) is 14.3 Å². The quantitative estimate of drug-likeness (QED) is 0.275. The molecule has 1 heterocycles. The van der Waals surface area contributed by atoms with Gasteiger partial charge in [0.2, 0.25) is 0 Å². The summed E-state index contributed by atoms with van der Waals surface area (Å²) in [6, 6.07) is 0. The molecule has 5 aliphatic rings. The van der Waals surface area contributed by atoms with Crippen LogP contribution in [0.4, 0.5) is 0 Å². The standard InChI is InChI=1S/C14H14O3/c15-13-11-7-4-8(12(11)14(16)17-13)10-6-2-1-5(3-6)9(7)10/h5-8,11-12H,1-4H2/t5-,6-,7-,8-,11+,12+/m0/s1. The highest BCUT2D eigenvalue weighted by molar-refractivity contribution is 5.98. The van der Waals surface area contributed by atoms with Gasteiger partial charge in [0.25, 0.3) is 0 Å². The van der Waals surface area contributed by atoms with Crippen molar-refractivity contribution >= 4 is 11.9 Å². The molecule has 0 aromatic carbocycles. The lowest BCUT2D eigenvalue weighted by Gasteiger charge is -2.28. The number of ether oxygens (including phenoxy) is 1. The Morgan fingerprint density at radius 3 is 1.88 bits per heavy atom. The van der Waals surface area contributed by atoms with Crippen molar-refractivity contribution in [2.24, 2.45) is 35.5 Å². The summed E-state index contributed by atoms with van der Waals surface area (Å²) in [7, 11) is 0. The molecule has 4 aliphatic carbocycles. The summed E-state index contributed by atoms with van der Waals surface area (Å²) in [5, 5.41) is 0. The molecular weight excluding hydrogens is 216 g/mol. The second-order valence-corrected chi connectivity index (χ2v) is 6.36. The molecule has 1 aliphatic heterocycles. The first kappa shape index (κ1) is 8.90. The Morgan fingerprint density at radius 1 is 0.824 bits per heavy atom. The van der Waals surface area contributed by atoms with Crippen molar-refractivity contribution in [3.63, 3.8) is 0 Å². The largest absolute Gasteiger partial charge is 0.393 e. The molecule has 88 valence electrons. The van der Waals surface area contributed by atoms with Crippen LogP contribution >= 0.6 is 0 Å². The predicted molar refractivity (Wildman–Crippen MR) is 57.5 cm³/mol. The normalized spacial score (nSPS) is 53.4. The van der Waals surface area contributed by atoms with Crippen molar-refractivity contribution in [3.8, 4) is 0 Å². The number of hydrogen-bond donors (Lipinski definition) is 0. The van der Waals surface area contributed by atoms with Gasteiger partial charge in [-0.15, -0.1) is 0 Å². The van der Waals surface area contributed by atoms with E-state index in [4.69, 9.17) is 4.74 Å². The first-order valence-electron chi connectivity index (χ1n) is 6.75. The van der Waals surface area contributed by atoms with Crippen molar-refractivity contribution in [1.29, 1.82) is 0 Å². The van der Waals surface area contributed by atoms with E-state index in [1.165, 1.54) is 19.3 Å². The van der Waals surface area contributed by atoms with E-state index in [1.807, 2.05) is 0 Å². The summed E-state index contributed by atoms with van der Waals surface area (Å²) < 4.78 is 4.86. The molecule has 0 aromatic rings. The number of carbonyl (C=O) groups is 2. The number of allylic oxidation sites excluding steroid dienone is 2. The van der Waals surface area contributed by atoms with Crippen LogP contribution in [0.25, 0.3) is 0 Å². The zero-order valence-electron chi connectivity index (χ0n) is 9.52. The smallest absolute Gasteiger partial charge is 0.318 e. The van der Waals surface area contributed by atoms with Gasteiger partial charge in [-0.3, -0.25) is 9.59 Å². The monoisotopic (exact) mass is 230 g/mol. The third kappa shape index (κ3) is 0.791. The topological polar surface area (TPSA) is 43.4 Å². The zero-order chi connectivity index (χ0) is 11.3. The number of carbonyl (C=O) groups excluding carboxylic acids is 2. The summed E-state index contributed by atoms with van der Waals surface area (Å²) in [4.78, 5) is 23.6. The first-order valence-corrected chi connectivity index (χ1v) is 6.75. The van der Waals surface area contributed by atoms with Crippen molar-refractivity contribution in [1.82, 2.24) is 0 Å². The van der Waals surface area contributed by atoms with Gasteiger partial charge < -0.3 is 4.74 Å². The van der Waals surface area contributed by atoms with E-state index in [1.54, 1.807) is 11.1 Å². The van der Waals surface area contributed by atoms with Gasteiger partial charge in [0.05, 0.1) is 11.8 Å². The molecule has 0 spiro atoms. The highest BCUT2D eigenvalue weighted by Crippen LogP contribution is 2.68. The summed E-state index contributed by atoms with van der Waals surface area (Å²) in [5.41, 5.74) is 3.19. The van der Waals surface area contributed by atoms with E-state index in [2.05, 4.69) is 0 Å². The Balaban J connectivity index is 1.69. The van der Waals surface area contributed by atoms with Gasteiger partial charge in [-0.05, 0) is 49.4 Å². The fourth-order valence-corrected chi connectivity index (χ4v) is 5.62. The van der Waals surface area contributed by atoms with E-state index in [0.29, 0.717) is 11.8 Å². The Bertz CT molecular complexity index is 462. The third-order valence-corrected chi connectivity index (χ3v) is 5.95. The van der Waals surface area contributed by atoms with Gasteiger partial charge in [0.1, 0.15) is 0 Å². The highest BCUT2D eigenvalue weighted by atomic mass is 16.6. The predicted octanol–water partition coefficient (Wildman–Crippen LogP) is 1.68. The van der Waals surface area contributed by atoms with Crippen molar-refractivity contribution < 1.29 is 14.3 Å². The van der Waals surface area contributed by atoms with Gasteiger partial charge in [-0.1, -0.05) is 11.1 Å². The van der Waals surface area contributed by atoms with E-state index in [9.17, 15) is 9.59 Å². The first-order chi connectivity index (χ1) is 8.25. The van der Waals surface area contributed by atoms with E-state index in [-0.39, 0.29) is 23.8 Å². The summed E-state index contributed by atoms with van der Waals surface area (Å²) in [6.07, 6.45) is 4.99. The van der Waals surface area contributed by atoms with Gasteiger partial charge in [0, 0.05) is 0 Å². The Morgan fingerprint density at radius 2 is 1.35 bits per heavy atom. The highest BCUT2D eigenvalue weighted by Gasteiger charge is 2.66. The molecule has 3 fully saturated rings. The van der Waals surface area contributed by atoms with Crippen LogP contribution in [0.2, 0.25) is 0 Å². The Kier molecular flexibility index (Phi) is 1.31. The molecule has 0 amide bonds. The molecule has 0 aromatic heterocycles.